The summed E-state index contributed by atoms with van der Waals surface area (Å²) in [5.41, 5.74) is 7.47. The molecule has 100 valence electrons. The molecule has 4 heteroatoms. The summed E-state index contributed by atoms with van der Waals surface area (Å²) in [5, 5.41) is 2.08. The highest BCUT2D eigenvalue weighted by Crippen LogP contribution is 2.31. The Kier molecular flexibility index (Phi) is 3.71. The van der Waals surface area contributed by atoms with E-state index in [1.807, 2.05) is 12.1 Å². The molecule has 1 aromatic heterocycles. The van der Waals surface area contributed by atoms with Gasteiger partial charge in [-0.15, -0.1) is 11.3 Å². The molecular formula is C15H18N2OS. The second-order valence-corrected chi connectivity index (χ2v) is 5.72. The maximum Gasteiger partial charge on any atom is 0.142 e. The Morgan fingerprint density at radius 3 is 3.00 bits per heavy atom. The number of fused-ring (bicyclic) bond motifs is 1. The van der Waals surface area contributed by atoms with Gasteiger partial charge in [0.15, 0.2) is 0 Å². The summed E-state index contributed by atoms with van der Waals surface area (Å²) in [6, 6.07) is 12.4. The second-order valence-electron chi connectivity index (χ2n) is 4.74. The van der Waals surface area contributed by atoms with Crippen LogP contribution >= 0.6 is 11.3 Å². The number of hydrogen-bond acceptors (Lipinski definition) is 4. The van der Waals surface area contributed by atoms with Crippen LogP contribution in [0.5, 0.6) is 5.75 Å². The van der Waals surface area contributed by atoms with Gasteiger partial charge in [0.05, 0.1) is 18.3 Å². The lowest BCUT2D eigenvalue weighted by molar-refractivity contribution is 0.322. The van der Waals surface area contributed by atoms with Crippen molar-refractivity contribution in [2.75, 3.05) is 24.6 Å². The first-order valence-corrected chi connectivity index (χ1v) is 7.48. The van der Waals surface area contributed by atoms with Gasteiger partial charge in [0.2, 0.25) is 0 Å². The van der Waals surface area contributed by atoms with Crippen LogP contribution in [-0.2, 0) is 0 Å². The van der Waals surface area contributed by atoms with Gasteiger partial charge in [0.1, 0.15) is 5.75 Å². The molecule has 0 saturated heterocycles. The summed E-state index contributed by atoms with van der Waals surface area (Å²) in [6.07, 6.45) is 1.03. The van der Waals surface area contributed by atoms with Gasteiger partial charge < -0.3 is 15.4 Å². The molecule has 0 bridgehead atoms. The maximum absolute atomic E-state index is 6.31. The average Bonchev–Trinajstić information content (AvgIpc) is 2.90. The summed E-state index contributed by atoms with van der Waals surface area (Å²) in [7, 11) is 0. The van der Waals surface area contributed by atoms with Crippen molar-refractivity contribution in [2.45, 2.75) is 12.5 Å². The van der Waals surface area contributed by atoms with Gasteiger partial charge >= 0.3 is 0 Å². The Labute approximate surface area is 117 Å². The zero-order chi connectivity index (χ0) is 13.1. The molecule has 0 aliphatic carbocycles. The van der Waals surface area contributed by atoms with Crippen LogP contribution in [0, 0.1) is 0 Å². The van der Waals surface area contributed by atoms with Crippen molar-refractivity contribution in [3.05, 3.63) is 46.7 Å². The maximum atomic E-state index is 6.31. The Morgan fingerprint density at radius 1 is 1.26 bits per heavy atom. The fourth-order valence-electron chi connectivity index (χ4n) is 2.42. The third-order valence-corrected chi connectivity index (χ3v) is 4.37. The van der Waals surface area contributed by atoms with Crippen molar-refractivity contribution >= 4 is 17.0 Å². The molecule has 1 atom stereocenters. The van der Waals surface area contributed by atoms with Crippen LogP contribution < -0.4 is 15.4 Å². The topological polar surface area (TPSA) is 38.5 Å². The number of thiophene rings is 1. The standard InChI is InChI=1S/C15H18N2OS/c16-12(15-7-3-10-19-15)11-17-8-4-9-18-14-6-2-1-5-13(14)17/h1-3,5-7,10,12H,4,8-9,11,16H2. The van der Waals surface area contributed by atoms with Gasteiger partial charge in [0.25, 0.3) is 0 Å². The number of hydrogen-bond donors (Lipinski definition) is 1. The van der Waals surface area contributed by atoms with E-state index >= 15 is 0 Å². The van der Waals surface area contributed by atoms with Crippen LogP contribution in [0.2, 0.25) is 0 Å². The molecule has 0 amide bonds. The average molecular weight is 274 g/mol. The Balaban J connectivity index is 1.80. The van der Waals surface area contributed by atoms with Crippen LogP contribution in [-0.4, -0.2) is 19.7 Å². The van der Waals surface area contributed by atoms with Gasteiger partial charge in [-0.25, -0.2) is 0 Å². The van der Waals surface area contributed by atoms with Crippen LogP contribution in [0.1, 0.15) is 17.3 Å². The zero-order valence-corrected chi connectivity index (χ0v) is 11.6. The van der Waals surface area contributed by atoms with E-state index in [0.717, 1.165) is 37.6 Å². The summed E-state index contributed by atoms with van der Waals surface area (Å²) >= 11 is 1.72. The minimum atomic E-state index is 0.0613. The van der Waals surface area contributed by atoms with Gasteiger partial charge in [-0.1, -0.05) is 18.2 Å². The number of para-hydroxylation sites is 2. The first kappa shape index (κ1) is 12.5. The van der Waals surface area contributed by atoms with Crippen LogP contribution in [0.3, 0.4) is 0 Å². The van der Waals surface area contributed by atoms with E-state index in [-0.39, 0.29) is 6.04 Å². The fraction of sp³-hybridized carbons (Fsp3) is 0.333. The van der Waals surface area contributed by atoms with E-state index in [4.69, 9.17) is 10.5 Å². The number of anilines is 1. The predicted molar refractivity (Wildman–Crippen MR) is 80.0 cm³/mol. The van der Waals surface area contributed by atoms with Crippen molar-refractivity contribution in [3.63, 3.8) is 0 Å². The highest BCUT2D eigenvalue weighted by atomic mass is 32.1. The minimum Gasteiger partial charge on any atom is -0.491 e. The van der Waals surface area contributed by atoms with Crippen molar-refractivity contribution in [1.29, 1.82) is 0 Å². The first-order chi connectivity index (χ1) is 9.34. The van der Waals surface area contributed by atoms with Crippen molar-refractivity contribution in [2.24, 2.45) is 5.73 Å². The summed E-state index contributed by atoms with van der Waals surface area (Å²) < 4.78 is 5.77. The lowest BCUT2D eigenvalue weighted by atomic mass is 10.2. The molecule has 1 aliphatic rings. The minimum absolute atomic E-state index is 0.0613. The van der Waals surface area contributed by atoms with E-state index in [9.17, 15) is 0 Å². The van der Waals surface area contributed by atoms with Gasteiger partial charge in [0, 0.05) is 18.0 Å². The van der Waals surface area contributed by atoms with Crippen molar-refractivity contribution in [1.82, 2.24) is 0 Å². The number of nitrogens with zero attached hydrogens (tertiary/aromatic N) is 1. The highest BCUT2D eigenvalue weighted by molar-refractivity contribution is 7.10. The van der Waals surface area contributed by atoms with E-state index in [2.05, 4.69) is 34.5 Å². The van der Waals surface area contributed by atoms with Crippen molar-refractivity contribution in [3.8, 4) is 5.75 Å². The molecule has 0 fully saturated rings. The first-order valence-electron chi connectivity index (χ1n) is 6.60. The molecule has 2 heterocycles. The van der Waals surface area contributed by atoms with Gasteiger partial charge in [-0.3, -0.25) is 0 Å². The van der Waals surface area contributed by atoms with Gasteiger partial charge in [-0.05, 0) is 30.0 Å². The number of benzene rings is 1. The summed E-state index contributed by atoms with van der Waals surface area (Å²) in [4.78, 5) is 3.58. The van der Waals surface area contributed by atoms with E-state index < -0.39 is 0 Å². The fourth-order valence-corrected chi connectivity index (χ4v) is 3.14. The quantitative estimate of drug-likeness (QED) is 0.935. The molecule has 0 radical (unpaired) electrons. The number of nitrogens with two attached hydrogens (primary N) is 1. The highest BCUT2D eigenvalue weighted by Gasteiger charge is 2.19. The third-order valence-electron chi connectivity index (χ3n) is 3.36. The van der Waals surface area contributed by atoms with E-state index in [0.29, 0.717) is 0 Å². The number of rotatable bonds is 3. The zero-order valence-electron chi connectivity index (χ0n) is 10.8. The predicted octanol–water partition coefficient (Wildman–Crippen LogP) is 3.04. The molecule has 1 unspecified atom stereocenters. The van der Waals surface area contributed by atoms with Crippen LogP contribution in [0.25, 0.3) is 0 Å². The van der Waals surface area contributed by atoms with Crippen LogP contribution in [0.4, 0.5) is 5.69 Å². The largest absolute Gasteiger partial charge is 0.491 e. The van der Waals surface area contributed by atoms with Gasteiger partial charge in [-0.2, -0.15) is 0 Å². The third kappa shape index (κ3) is 2.74. The molecule has 0 saturated carbocycles. The molecule has 3 rings (SSSR count). The molecule has 2 N–H and O–H groups in total. The molecule has 1 aromatic carbocycles. The normalized spacial score (nSPS) is 16.4. The monoisotopic (exact) mass is 274 g/mol. The molecule has 3 nitrogen and oxygen atoms in total. The van der Waals surface area contributed by atoms with E-state index in [1.54, 1.807) is 11.3 Å². The molecule has 2 aromatic rings. The molecule has 19 heavy (non-hydrogen) atoms. The summed E-state index contributed by atoms with van der Waals surface area (Å²) in [6.45, 7) is 2.61. The lowest BCUT2D eigenvalue weighted by Gasteiger charge is -2.26. The molecule has 0 spiro atoms. The lowest BCUT2D eigenvalue weighted by Crippen LogP contribution is -2.32. The Morgan fingerprint density at radius 2 is 2.16 bits per heavy atom. The SMILES string of the molecule is NC(CN1CCCOc2ccccc21)c1cccs1. The molecular weight excluding hydrogens is 256 g/mol. The van der Waals surface area contributed by atoms with Crippen LogP contribution in [0.15, 0.2) is 41.8 Å². The van der Waals surface area contributed by atoms with E-state index in [1.165, 1.54) is 4.88 Å². The smallest absolute Gasteiger partial charge is 0.142 e. The second kappa shape index (κ2) is 5.63. The van der Waals surface area contributed by atoms with Crippen molar-refractivity contribution < 1.29 is 4.74 Å². The Bertz CT molecular complexity index is 527. The molecule has 1 aliphatic heterocycles. The summed E-state index contributed by atoms with van der Waals surface area (Å²) in [5.74, 6) is 0.971. The number of ether oxygens (including phenoxy) is 1. The Hall–Kier alpha value is -1.52.